The lowest BCUT2D eigenvalue weighted by atomic mass is 10.0. The molecule has 5 nitrogen and oxygen atoms in total. The van der Waals surface area contributed by atoms with E-state index in [0.717, 1.165) is 16.3 Å². The molecular formula is C24H26N2O3. The molecule has 0 heterocycles. The molecule has 0 aliphatic carbocycles. The van der Waals surface area contributed by atoms with Crippen LogP contribution in [0.25, 0.3) is 10.8 Å². The van der Waals surface area contributed by atoms with Gasteiger partial charge in [-0.3, -0.25) is 9.59 Å². The molecule has 0 aliphatic rings. The first-order valence-corrected chi connectivity index (χ1v) is 9.89. The molecule has 0 saturated heterocycles. The van der Waals surface area contributed by atoms with Crippen LogP contribution in [0.4, 0.5) is 0 Å². The van der Waals surface area contributed by atoms with Crippen LogP contribution in [0.1, 0.15) is 41.2 Å². The van der Waals surface area contributed by atoms with E-state index in [0.29, 0.717) is 18.4 Å². The summed E-state index contributed by atoms with van der Waals surface area (Å²) >= 11 is 0. The van der Waals surface area contributed by atoms with Gasteiger partial charge in [0, 0.05) is 25.1 Å². The van der Waals surface area contributed by atoms with Crippen molar-refractivity contribution in [3.63, 3.8) is 0 Å². The number of benzene rings is 3. The molecule has 2 amide bonds. The van der Waals surface area contributed by atoms with Crippen molar-refractivity contribution in [2.75, 3.05) is 13.2 Å². The summed E-state index contributed by atoms with van der Waals surface area (Å²) in [5, 5.41) is 17.0. The van der Waals surface area contributed by atoms with Crippen molar-refractivity contribution in [1.29, 1.82) is 0 Å². The highest BCUT2D eigenvalue weighted by molar-refractivity contribution is 5.98. The number of nitrogens with one attached hydrogen (secondary N) is 2. The number of hydrogen-bond acceptors (Lipinski definition) is 3. The van der Waals surface area contributed by atoms with E-state index in [1.54, 1.807) is 6.07 Å². The molecule has 29 heavy (non-hydrogen) atoms. The van der Waals surface area contributed by atoms with Gasteiger partial charge in [-0.05, 0) is 41.3 Å². The number of rotatable bonds is 9. The van der Waals surface area contributed by atoms with Crippen molar-refractivity contribution >= 4 is 22.6 Å². The zero-order valence-electron chi connectivity index (χ0n) is 16.3. The molecule has 0 aromatic heterocycles. The van der Waals surface area contributed by atoms with Gasteiger partial charge in [0.25, 0.3) is 5.91 Å². The third kappa shape index (κ3) is 5.90. The Labute approximate surface area is 170 Å². The molecule has 0 radical (unpaired) electrons. The Hall–Kier alpha value is -3.18. The van der Waals surface area contributed by atoms with Gasteiger partial charge in [0.15, 0.2) is 0 Å². The number of carbonyl (C=O) groups excluding carboxylic acids is 2. The van der Waals surface area contributed by atoms with E-state index in [-0.39, 0.29) is 37.4 Å². The smallest absolute Gasteiger partial charge is 0.251 e. The summed E-state index contributed by atoms with van der Waals surface area (Å²) in [6.45, 7) is 0.347. The maximum Gasteiger partial charge on any atom is 0.251 e. The number of carbonyl (C=O) groups is 2. The van der Waals surface area contributed by atoms with Gasteiger partial charge in [-0.1, -0.05) is 60.7 Å². The second kappa shape index (κ2) is 10.4. The van der Waals surface area contributed by atoms with Crippen molar-refractivity contribution in [2.24, 2.45) is 0 Å². The van der Waals surface area contributed by atoms with Gasteiger partial charge in [0.2, 0.25) is 5.91 Å². The molecule has 3 aromatic rings. The molecular weight excluding hydrogens is 364 g/mol. The van der Waals surface area contributed by atoms with Gasteiger partial charge < -0.3 is 15.7 Å². The van der Waals surface area contributed by atoms with Crippen LogP contribution in [0.2, 0.25) is 0 Å². The van der Waals surface area contributed by atoms with E-state index in [1.165, 1.54) is 0 Å². The Morgan fingerprint density at radius 3 is 2.38 bits per heavy atom. The van der Waals surface area contributed by atoms with Crippen LogP contribution in [0.5, 0.6) is 0 Å². The number of amides is 2. The standard InChI is InChI=1S/C24H26N2O3/c27-16-6-11-22(19-8-2-1-3-9-19)26-23(28)14-15-25-24(29)21-13-12-18-7-4-5-10-20(18)17-21/h1-5,7-10,12-13,17,22,27H,6,11,14-16H2,(H,25,29)(H,26,28)/t22-/m1/s1. The molecule has 0 spiro atoms. The van der Waals surface area contributed by atoms with Gasteiger partial charge in [-0.25, -0.2) is 0 Å². The predicted octanol–water partition coefficient (Wildman–Crippen LogP) is 3.59. The average molecular weight is 390 g/mol. The van der Waals surface area contributed by atoms with Crippen LogP contribution in [0.15, 0.2) is 72.8 Å². The fourth-order valence-electron chi connectivity index (χ4n) is 3.29. The molecule has 0 bridgehead atoms. The first-order valence-electron chi connectivity index (χ1n) is 9.89. The first-order chi connectivity index (χ1) is 14.2. The Morgan fingerprint density at radius 2 is 1.62 bits per heavy atom. The highest BCUT2D eigenvalue weighted by Gasteiger charge is 2.14. The lowest BCUT2D eigenvalue weighted by Gasteiger charge is -2.19. The largest absolute Gasteiger partial charge is 0.396 e. The van der Waals surface area contributed by atoms with E-state index in [2.05, 4.69) is 10.6 Å². The Morgan fingerprint density at radius 1 is 0.897 bits per heavy atom. The molecule has 5 heteroatoms. The Bertz CT molecular complexity index is 957. The van der Waals surface area contributed by atoms with Crippen LogP contribution < -0.4 is 10.6 Å². The van der Waals surface area contributed by atoms with Gasteiger partial charge in [0.05, 0.1) is 6.04 Å². The van der Waals surface area contributed by atoms with E-state index >= 15 is 0 Å². The minimum Gasteiger partial charge on any atom is -0.396 e. The monoisotopic (exact) mass is 390 g/mol. The summed E-state index contributed by atoms with van der Waals surface area (Å²) < 4.78 is 0. The van der Waals surface area contributed by atoms with Crippen LogP contribution in [-0.2, 0) is 4.79 Å². The molecule has 0 fully saturated rings. The van der Waals surface area contributed by atoms with Gasteiger partial charge in [-0.2, -0.15) is 0 Å². The summed E-state index contributed by atoms with van der Waals surface area (Å²) in [5.74, 6) is -0.320. The van der Waals surface area contributed by atoms with Crippen molar-refractivity contribution in [2.45, 2.75) is 25.3 Å². The lowest BCUT2D eigenvalue weighted by molar-refractivity contribution is -0.121. The summed E-state index contributed by atoms with van der Waals surface area (Å²) in [5.41, 5.74) is 1.59. The topological polar surface area (TPSA) is 78.4 Å². The SMILES string of the molecule is O=C(CCNC(=O)c1ccc2ccccc2c1)N[C@H](CCCO)c1ccccc1. The summed E-state index contributed by atoms with van der Waals surface area (Å²) in [7, 11) is 0. The normalized spacial score (nSPS) is 11.8. The van der Waals surface area contributed by atoms with E-state index < -0.39 is 0 Å². The third-order valence-electron chi connectivity index (χ3n) is 4.84. The molecule has 3 rings (SSSR count). The molecule has 150 valence electrons. The van der Waals surface area contributed by atoms with Gasteiger partial charge >= 0.3 is 0 Å². The maximum absolute atomic E-state index is 12.4. The average Bonchev–Trinajstić information content (AvgIpc) is 2.76. The third-order valence-corrected chi connectivity index (χ3v) is 4.84. The quantitative estimate of drug-likeness (QED) is 0.522. The van der Waals surface area contributed by atoms with Crippen LogP contribution in [0, 0.1) is 0 Å². The van der Waals surface area contributed by atoms with Crippen molar-refractivity contribution in [1.82, 2.24) is 10.6 Å². The summed E-state index contributed by atoms with van der Waals surface area (Å²) in [4.78, 5) is 24.7. The minimum absolute atomic E-state index is 0.0843. The van der Waals surface area contributed by atoms with Gasteiger partial charge in [-0.15, -0.1) is 0 Å². The zero-order chi connectivity index (χ0) is 20.5. The lowest BCUT2D eigenvalue weighted by Crippen LogP contribution is -2.33. The molecule has 3 N–H and O–H groups in total. The number of aliphatic hydroxyl groups excluding tert-OH is 1. The van der Waals surface area contributed by atoms with Crippen LogP contribution >= 0.6 is 0 Å². The molecule has 1 atom stereocenters. The van der Waals surface area contributed by atoms with Crippen molar-refractivity contribution in [3.8, 4) is 0 Å². The number of aliphatic hydroxyl groups is 1. The predicted molar refractivity (Wildman–Crippen MR) is 115 cm³/mol. The fourth-order valence-corrected chi connectivity index (χ4v) is 3.29. The molecule has 0 unspecified atom stereocenters. The van der Waals surface area contributed by atoms with Gasteiger partial charge in [0.1, 0.15) is 0 Å². The number of hydrogen-bond donors (Lipinski definition) is 3. The van der Waals surface area contributed by atoms with Crippen molar-refractivity contribution in [3.05, 3.63) is 83.9 Å². The van der Waals surface area contributed by atoms with Crippen LogP contribution in [0.3, 0.4) is 0 Å². The van der Waals surface area contributed by atoms with E-state index in [1.807, 2.05) is 66.7 Å². The zero-order valence-corrected chi connectivity index (χ0v) is 16.3. The van der Waals surface area contributed by atoms with E-state index in [4.69, 9.17) is 5.11 Å². The van der Waals surface area contributed by atoms with Crippen molar-refractivity contribution < 1.29 is 14.7 Å². The molecule has 0 saturated carbocycles. The highest BCUT2D eigenvalue weighted by atomic mass is 16.3. The molecule has 3 aromatic carbocycles. The highest BCUT2D eigenvalue weighted by Crippen LogP contribution is 2.18. The number of fused-ring (bicyclic) bond motifs is 1. The first kappa shape index (κ1) is 20.6. The molecule has 0 aliphatic heterocycles. The van der Waals surface area contributed by atoms with E-state index in [9.17, 15) is 9.59 Å². The minimum atomic E-state index is -0.191. The Kier molecular flexibility index (Phi) is 7.36. The summed E-state index contributed by atoms with van der Waals surface area (Å²) in [6.07, 6.45) is 1.47. The summed E-state index contributed by atoms with van der Waals surface area (Å²) in [6, 6.07) is 23.0. The maximum atomic E-state index is 12.4. The van der Waals surface area contributed by atoms with Crippen LogP contribution in [-0.4, -0.2) is 30.1 Å². The fraction of sp³-hybridized carbons (Fsp3) is 0.250. The Balaban J connectivity index is 1.51. The second-order valence-corrected chi connectivity index (χ2v) is 6.96. The second-order valence-electron chi connectivity index (χ2n) is 6.96.